The summed E-state index contributed by atoms with van der Waals surface area (Å²) in [5.41, 5.74) is 1.26. The number of carbonyl (C=O) groups excluding carboxylic acids is 2. The highest BCUT2D eigenvalue weighted by Crippen LogP contribution is 2.20. The van der Waals surface area contributed by atoms with E-state index >= 15 is 0 Å². The Hall–Kier alpha value is -1.69. The fourth-order valence-corrected chi connectivity index (χ4v) is 4.58. The number of hydrogen-bond donors (Lipinski definition) is 1. The van der Waals surface area contributed by atoms with Crippen LogP contribution in [0.15, 0.2) is 54.6 Å². The largest absolute Gasteiger partial charge is 0.336 e. The zero-order valence-corrected chi connectivity index (χ0v) is 12.1. The lowest BCUT2D eigenvalue weighted by atomic mass is 10.0. The normalized spacial score (nSPS) is 17.8. The number of ketones is 1. The van der Waals surface area contributed by atoms with Crippen molar-refractivity contribution >= 4 is 17.4 Å². The second-order valence-corrected chi connectivity index (χ2v) is 7.28. The number of benzene rings is 2. The van der Waals surface area contributed by atoms with E-state index in [0.717, 1.165) is 3.57 Å². The molecular formula is C15H11INO2+. The summed E-state index contributed by atoms with van der Waals surface area (Å²) >= 11 is -0.662. The first-order valence-corrected chi connectivity index (χ1v) is 8.21. The zero-order chi connectivity index (χ0) is 13.2. The number of rotatable bonds is 2. The van der Waals surface area contributed by atoms with Crippen molar-refractivity contribution in [1.82, 2.24) is 0 Å². The van der Waals surface area contributed by atoms with Crippen molar-refractivity contribution in [2.24, 2.45) is 0 Å². The average Bonchev–Trinajstić information content (AvgIpc) is 2.45. The minimum Gasteiger partial charge on any atom is -0.321 e. The summed E-state index contributed by atoms with van der Waals surface area (Å²) in [6.07, 6.45) is 0. The van der Waals surface area contributed by atoms with Crippen molar-refractivity contribution in [1.29, 1.82) is 0 Å². The van der Waals surface area contributed by atoms with Crippen LogP contribution in [-0.4, -0.2) is 15.6 Å². The summed E-state index contributed by atoms with van der Waals surface area (Å²) in [5.74, 6) is -0.212. The lowest BCUT2D eigenvalue weighted by Crippen LogP contribution is -3.66. The third-order valence-corrected chi connectivity index (χ3v) is 6.07. The molecule has 3 nitrogen and oxygen atoms in total. The van der Waals surface area contributed by atoms with E-state index in [2.05, 4.69) is 5.32 Å². The van der Waals surface area contributed by atoms with Crippen LogP contribution in [0.4, 0.5) is 5.69 Å². The number of anilines is 1. The fraction of sp³-hybridized carbons (Fsp3) is 0.0667. The van der Waals surface area contributed by atoms with E-state index in [4.69, 9.17) is 0 Å². The Kier molecular flexibility index (Phi) is 3.33. The highest BCUT2D eigenvalue weighted by atomic mass is 127. The number of fused-ring (bicyclic) bond motifs is 1. The Morgan fingerprint density at radius 3 is 2.37 bits per heavy atom. The predicted octanol–water partition coefficient (Wildman–Crippen LogP) is -0.851. The maximum Gasteiger partial charge on any atom is 0.336 e. The minimum absolute atomic E-state index is 0.0454. The van der Waals surface area contributed by atoms with Crippen LogP contribution in [0.2, 0.25) is 0 Å². The molecule has 1 atom stereocenters. The minimum atomic E-state index is -0.662. The van der Waals surface area contributed by atoms with Gasteiger partial charge in [-0.15, -0.1) is 0 Å². The molecule has 2 aromatic carbocycles. The lowest BCUT2D eigenvalue weighted by Gasteiger charge is -2.16. The van der Waals surface area contributed by atoms with Gasteiger partial charge >= 0.3 is 21.2 Å². The van der Waals surface area contributed by atoms with Gasteiger partial charge in [0.1, 0.15) is 0 Å². The molecule has 1 aliphatic heterocycles. The Morgan fingerprint density at radius 2 is 1.58 bits per heavy atom. The van der Waals surface area contributed by atoms with E-state index in [9.17, 15) is 9.59 Å². The molecule has 94 valence electrons. The van der Waals surface area contributed by atoms with E-state index in [1.54, 1.807) is 12.1 Å². The third-order valence-electron chi connectivity index (χ3n) is 2.88. The first-order chi connectivity index (χ1) is 9.25. The second kappa shape index (κ2) is 5.13. The van der Waals surface area contributed by atoms with Crippen molar-refractivity contribution in [3.63, 3.8) is 0 Å². The first kappa shape index (κ1) is 12.3. The summed E-state index contributed by atoms with van der Waals surface area (Å²) < 4.78 is 0.588. The Balaban J connectivity index is 1.92. The van der Waals surface area contributed by atoms with Gasteiger partial charge in [0.05, 0.1) is 5.69 Å². The number of nitrogens with one attached hydrogen (secondary N) is 1. The van der Waals surface area contributed by atoms with Gasteiger partial charge in [-0.1, -0.05) is 30.3 Å². The van der Waals surface area contributed by atoms with E-state index in [-0.39, 0.29) is 11.7 Å². The average molecular weight is 364 g/mol. The molecule has 19 heavy (non-hydrogen) atoms. The topological polar surface area (TPSA) is 46.2 Å². The van der Waals surface area contributed by atoms with E-state index in [1.807, 2.05) is 42.5 Å². The van der Waals surface area contributed by atoms with Crippen LogP contribution in [0, 0.1) is 3.57 Å². The Bertz CT molecular complexity index is 640. The van der Waals surface area contributed by atoms with Gasteiger partial charge in [-0.3, -0.25) is 9.59 Å². The van der Waals surface area contributed by atoms with E-state index < -0.39 is 25.1 Å². The molecule has 0 saturated heterocycles. The van der Waals surface area contributed by atoms with Crippen molar-refractivity contribution in [3.8, 4) is 0 Å². The summed E-state index contributed by atoms with van der Waals surface area (Å²) in [5, 5.41) is 2.83. The van der Waals surface area contributed by atoms with Crippen LogP contribution >= 0.6 is 0 Å². The molecule has 0 saturated carbocycles. The van der Waals surface area contributed by atoms with Crippen LogP contribution < -0.4 is 26.5 Å². The maximum absolute atomic E-state index is 12.4. The Morgan fingerprint density at radius 1 is 0.895 bits per heavy atom. The van der Waals surface area contributed by atoms with Crippen LogP contribution in [0.1, 0.15) is 10.4 Å². The quantitative estimate of drug-likeness (QED) is 0.429. The molecular weight excluding hydrogens is 353 g/mol. The zero-order valence-electron chi connectivity index (χ0n) is 9.97. The SMILES string of the molecule is O=C1Nc2ccccc2C(=O)C1[I+]c1ccccc1. The molecule has 0 bridgehead atoms. The van der Waals surface area contributed by atoms with Crippen LogP contribution in [0.5, 0.6) is 0 Å². The molecule has 0 aromatic heterocycles. The molecule has 0 radical (unpaired) electrons. The van der Waals surface area contributed by atoms with Gasteiger partial charge in [-0.2, -0.15) is 0 Å². The van der Waals surface area contributed by atoms with Gasteiger partial charge < -0.3 is 5.32 Å². The monoisotopic (exact) mass is 364 g/mol. The number of amides is 1. The molecule has 0 aliphatic carbocycles. The molecule has 4 heteroatoms. The number of halogens is 1. The van der Waals surface area contributed by atoms with Crippen molar-refractivity contribution in [3.05, 3.63) is 63.7 Å². The molecule has 2 aromatic rings. The molecule has 0 fully saturated rings. The van der Waals surface area contributed by atoms with Gasteiger partial charge in [0.2, 0.25) is 5.78 Å². The predicted molar refractivity (Wildman–Crippen MR) is 68.3 cm³/mol. The van der Waals surface area contributed by atoms with Gasteiger partial charge in [0.15, 0.2) is 3.57 Å². The van der Waals surface area contributed by atoms with E-state index in [1.165, 1.54) is 0 Å². The van der Waals surface area contributed by atoms with Crippen LogP contribution in [0.25, 0.3) is 0 Å². The lowest BCUT2D eigenvalue weighted by molar-refractivity contribution is -0.635. The Labute approximate surface area is 121 Å². The number of para-hydroxylation sites is 1. The van der Waals surface area contributed by atoms with Gasteiger partial charge in [-0.25, -0.2) is 0 Å². The molecule has 1 N–H and O–H groups in total. The van der Waals surface area contributed by atoms with Crippen molar-refractivity contribution in [2.75, 3.05) is 5.32 Å². The number of hydrogen-bond acceptors (Lipinski definition) is 2. The molecule has 1 amide bonds. The maximum atomic E-state index is 12.4. The standard InChI is InChI=1S/C15H10INO2/c18-14-11-8-4-5-9-12(11)17-15(19)13(14)16-10-6-2-1-3-7-10/h1-9,13H/p+1. The summed E-state index contributed by atoms with van der Waals surface area (Å²) in [6.45, 7) is 0. The molecule has 1 heterocycles. The van der Waals surface area contributed by atoms with Crippen molar-refractivity contribution in [2.45, 2.75) is 3.92 Å². The molecule has 3 rings (SSSR count). The van der Waals surface area contributed by atoms with Gasteiger partial charge in [-0.05, 0) is 24.3 Å². The van der Waals surface area contributed by atoms with E-state index in [0.29, 0.717) is 11.3 Å². The highest BCUT2D eigenvalue weighted by Gasteiger charge is 2.44. The summed E-state index contributed by atoms with van der Waals surface area (Å²) in [4.78, 5) is 24.5. The fourth-order valence-electron chi connectivity index (χ4n) is 1.97. The number of carbonyl (C=O) groups is 2. The second-order valence-electron chi connectivity index (χ2n) is 4.17. The van der Waals surface area contributed by atoms with Crippen LogP contribution in [-0.2, 0) is 4.79 Å². The molecule has 0 spiro atoms. The summed E-state index contributed by atoms with van der Waals surface area (Å²) in [7, 11) is 0. The summed E-state index contributed by atoms with van der Waals surface area (Å²) in [6, 6.07) is 17.0. The van der Waals surface area contributed by atoms with Crippen molar-refractivity contribution < 1.29 is 30.8 Å². The number of Topliss-reactive ketones (excluding diaryl/α,β-unsaturated/α-hetero) is 1. The first-order valence-electron chi connectivity index (χ1n) is 5.88. The molecule has 1 aliphatic rings. The molecule has 1 unspecified atom stereocenters. The number of alkyl halides is 1. The highest BCUT2D eigenvalue weighted by molar-refractivity contribution is 6.22. The van der Waals surface area contributed by atoms with Gasteiger partial charge in [0, 0.05) is 5.56 Å². The smallest absolute Gasteiger partial charge is 0.321 e. The third kappa shape index (κ3) is 2.40. The van der Waals surface area contributed by atoms with Gasteiger partial charge in [0.25, 0.3) is 9.83 Å². The van der Waals surface area contributed by atoms with Crippen LogP contribution in [0.3, 0.4) is 0 Å².